The van der Waals surface area contributed by atoms with Crippen molar-refractivity contribution < 1.29 is 17.9 Å². The molecule has 2 aromatic carbocycles. The van der Waals surface area contributed by atoms with Crippen molar-refractivity contribution in [2.45, 2.75) is 24.3 Å². The predicted molar refractivity (Wildman–Crippen MR) is 109 cm³/mol. The zero-order valence-electron chi connectivity index (χ0n) is 16.5. The van der Waals surface area contributed by atoms with Crippen LogP contribution in [0.2, 0.25) is 0 Å². The van der Waals surface area contributed by atoms with E-state index in [1.54, 1.807) is 12.1 Å². The van der Waals surface area contributed by atoms with Crippen LogP contribution >= 0.6 is 0 Å². The Balaban J connectivity index is 1.80. The number of amides is 1. The number of hydrogen-bond donors (Lipinski definition) is 1. The third kappa shape index (κ3) is 3.83. The van der Waals surface area contributed by atoms with Gasteiger partial charge in [-0.3, -0.25) is 4.79 Å². The van der Waals surface area contributed by atoms with Gasteiger partial charge in [-0.15, -0.1) is 0 Å². The van der Waals surface area contributed by atoms with Crippen LogP contribution in [0.5, 0.6) is 5.75 Å². The van der Waals surface area contributed by atoms with Crippen LogP contribution in [0.1, 0.15) is 12.5 Å². The number of rotatable bonds is 6. The van der Waals surface area contributed by atoms with Crippen LogP contribution in [0.4, 0.5) is 11.4 Å². The molecule has 0 unspecified atom stereocenters. The van der Waals surface area contributed by atoms with Gasteiger partial charge in [-0.05, 0) is 43.2 Å². The summed E-state index contributed by atoms with van der Waals surface area (Å²) in [6, 6.07) is 12.9. The molecule has 0 saturated carbocycles. The van der Waals surface area contributed by atoms with Gasteiger partial charge in [0.25, 0.3) is 0 Å². The molecule has 0 bridgehead atoms. The average molecular weight is 404 g/mol. The zero-order chi connectivity index (χ0) is 20.5. The first-order valence-electron chi connectivity index (χ1n) is 8.99. The van der Waals surface area contributed by atoms with Crippen LogP contribution in [-0.4, -0.2) is 52.4 Å². The molecule has 2 aromatic rings. The molecular weight excluding hydrogens is 378 g/mol. The van der Waals surface area contributed by atoms with Crippen molar-refractivity contribution in [2.24, 2.45) is 0 Å². The zero-order valence-corrected chi connectivity index (χ0v) is 17.3. The van der Waals surface area contributed by atoms with E-state index in [9.17, 15) is 13.2 Å². The molecule has 150 valence electrons. The van der Waals surface area contributed by atoms with E-state index in [0.29, 0.717) is 5.69 Å². The number of anilines is 2. The molecule has 0 spiro atoms. The Morgan fingerprint density at radius 2 is 1.96 bits per heavy atom. The van der Waals surface area contributed by atoms with E-state index >= 15 is 0 Å². The Morgan fingerprint density at radius 1 is 1.25 bits per heavy atom. The summed E-state index contributed by atoms with van der Waals surface area (Å²) in [5.41, 5.74) is 2.70. The number of ether oxygens (including phenoxy) is 1. The first-order valence-corrected chi connectivity index (χ1v) is 10.4. The number of carbonyl (C=O) groups excluding carboxylic acids is 1. The van der Waals surface area contributed by atoms with Gasteiger partial charge in [0, 0.05) is 31.5 Å². The molecule has 1 aliphatic rings. The molecule has 28 heavy (non-hydrogen) atoms. The fraction of sp³-hybridized carbons (Fsp3) is 0.350. The molecule has 1 N–H and O–H groups in total. The highest BCUT2D eigenvalue weighted by molar-refractivity contribution is 7.89. The van der Waals surface area contributed by atoms with Crippen molar-refractivity contribution in [3.63, 3.8) is 0 Å². The number of benzene rings is 2. The third-order valence-corrected chi connectivity index (χ3v) is 6.70. The summed E-state index contributed by atoms with van der Waals surface area (Å²) in [6.45, 7) is 2.28. The van der Waals surface area contributed by atoms with E-state index in [-0.39, 0.29) is 29.1 Å². The third-order valence-electron chi connectivity index (χ3n) is 4.87. The van der Waals surface area contributed by atoms with E-state index in [0.717, 1.165) is 16.4 Å². The number of nitrogens with one attached hydrogen (secondary N) is 1. The van der Waals surface area contributed by atoms with Crippen LogP contribution in [-0.2, 0) is 21.2 Å². The molecule has 0 saturated heterocycles. The molecule has 0 aromatic heterocycles. The quantitative estimate of drug-likeness (QED) is 0.801. The first kappa shape index (κ1) is 20.2. The minimum atomic E-state index is -3.70. The van der Waals surface area contributed by atoms with Gasteiger partial charge in [-0.2, -0.15) is 0 Å². The van der Waals surface area contributed by atoms with Crippen LogP contribution < -0.4 is 15.0 Å². The van der Waals surface area contributed by atoms with E-state index in [1.807, 2.05) is 18.2 Å². The highest BCUT2D eigenvalue weighted by atomic mass is 32.2. The van der Waals surface area contributed by atoms with Crippen LogP contribution in [0, 0.1) is 0 Å². The molecule has 1 atom stereocenters. The lowest BCUT2D eigenvalue weighted by molar-refractivity contribution is -0.115. The SMILES string of the molecule is COc1ccc(NC(=O)CN2c3ccccc3C[C@@H]2C)cc1S(=O)(=O)N(C)C. The monoisotopic (exact) mass is 403 g/mol. The summed E-state index contributed by atoms with van der Waals surface area (Å²) >= 11 is 0. The average Bonchev–Trinajstić information content (AvgIpc) is 2.97. The topological polar surface area (TPSA) is 79.0 Å². The minimum Gasteiger partial charge on any atom is -0.495 e. The Labute approximate surface area is 166 Å². The summed E-state index contributed by atoms with van der Waals surface area (Å²) in [7, 11) is 0.610. The van der Waals surface area contributed by atoms with Gasteiger partial charge in [0.05, 0.1) is 13.7 Å². The van der Waals surface area contributed by atoms with Crippen LogP contribution in [0.15, 0.2) is 47.4 Å². The maximum absolute atomic E-state index is 12.6. The molecular formula is C20H25N3O4S. The number of fused-ring (bicyclic) bond motifs is 1. The van der Waals surface area contributed by atoms with E-state index in [4.69, 9.17) is 4.74 Å². The van der Waals surface area contributed by atoms with Gasteiger partial charge < -0.3 is 15.0 Å². The van der Waals surface area contributed by atoms with Crippen molar-refractivity contribution >= 4 is 27.3 Å². The number of sulfonamides is 1. The van der Waals surface area contributed by atoms with Crippen molar-refractivity contribution in [3.8, 4) is 5.75 Å². The van der Waals surface area contributed by atoms with Crippen LogP contribution in [0.3, 0.4) is 0 Å². The van der Waals surface area contributed by atoms with Crippen molar-refractivity contribution in [3.05, 3.63) is 48.0 Å². The van der Waals surface area contributed by atoms with Gasteiger partial charge in [0.2, 0.25) is 15.9 Å². The van der Waals surface area contributed by atoms with Crippen molar-refractivity contribution in [2.75, 3.05) is 38.0 Å². The maximum Gasteiger partial charge on any atom is 0.246 e. The van der Waals surface area contributed by atoms with Gasteiger partial charge in [0.15, 0.2) is 0 Å². The van der Waals surface area contributed by atoms with Crippen molar-refractivity contribution in [1.82, 2.24) is 4.31 Å². The summed E-state index contributed by atoms with van der Waals surface area (Å²) in [6.07, 6.45) is 0.900. The Kier molecular flexibility index (Phi) is 5.62. The second kappa shape index (κ2) is 7.81. The number of hydrogen-bond acceptors (Lipinski definition) is 5. The molecule has 7 nitrogen and oxygen atoms in total. The van der Waals surface area contributed by atoms with Gasteiger partial charge in [-0.1, -0.05) is 18.2 Å². The minimum absolute atomic E-state index is 0.0117. The molecule has 0 radical (unpaired) electrons. The molecule has 1 aliphatic heterocycles. The standard InChI is InChI=1S/C20H25N3O4S/c1-14-11-15-7-5-6-8-17(15)23(14)13-20(24)21-16-9-10-18(27-4)19(12-16)28(25,26)22(2)3/h5-10,12,14H,11,13H2,1-4H3,(H,21,24)/t14-/m0/s1. The van der Waals surface area contributed by atoms with Gasteiger partial charge in [-0.25, -0.2) is 12.7 Å². The molecule has 0 fully saturated rings. The molecule has 3 rings (SSSR count). The van der Waals surface area contributed by atoms with E-state index in [2.05, 4.69) is 23.2 Å². The second-order valence-electron chi connectivity index (χ2n) is 7.01. The summed E-state index contributed by atoms with van der Waals surface area (Å²) in [5, 5.41) is 2.80. The van der Waals surface area contributed by atoms with E-state index < -0.39 is 10.0 Å². The normalized spacial score (nSPS) is 16.2. The summed E-state index contributed by atoms with van der Waals surface area (Å²) < 4.78 is 31.4. The number of para-hydroxylation sites is 1. The lowest BCUT2D eigenvalue weighted by Gasteiger charge is -2.24. The molecule has 8 heteroatoms. The number of carbonyl (C=O) groups is 1. The Morgan fingerprint density at radius 3 is 2.64 bits per heavy atom. The second-order valence-corrected chi connectivity index (χ2v) is 9.13. The summed E-state index contributed by atoms with van der Waals surface area (Å²) in [4.78, 5) is 14.7. The van der Waals surface area contributed by atoms with Gasteiger partial charge in [0.1, 0.15) is 10.6 Å². The highest BCUT2D eigenvalue weighted by Crippen LogP contribution is 2.32. The van der Waals surface area contributed by atoms with Crippen LogP contribution in [0.25, 0.3) is 0 Å². The molecule has 1 amide bonds. The predicted octanol–water partition coefficient (Wildman–Crippen LogP) is 2.34. The molecule has 1 heterocycles. The molecule has 0 aliphatic carbocycles. The fourth-order valence-electron chi connectivity index (χ4n) is 3.38. The lowest BCUT2D eigenvalue weighted by Crippen LogP contribution is -2.37. The highest BCUT2D eigenvalue weighted by Gasteiger charge is 2.27. The van der Waals surface area contributed by atoms with E-state index in [1.165, 1.54) is 32.8 Å². The lowest BCUT2D eigenvalue weighted by atomic mass is 10.1. The fourth-order valence-corrected chi connectivity index (χ4v) is 4.45. The number of methoxy groups -OCH3 is 1. The van der Waals surface area contributed by atoms with Gasteiger partial charge >= 0.3 is 0 Å². The largest absolute Gasteiger partial charge is 0.495 e. The first-order chi connectivity index (χ1) is 13.2. The number of nitrogens with zero attached hydrogens (tertiary/aromatic N) is 2. The Hall–Kier alpha value is -2.58. The summed E-state index contributed by atoms with van der Waals surface area (Å²) in [5.74, 6) is 0.0238. The van der Waals surface area contributed by atoms with Crippen molar-refractivity contribution in [1.29, 1.82) is 0 Å². The maximum atomic E-state index is 12.6. The smallest absolute Gasteiger partial charge is 0.246 e. The Bertz CT molecular complexity index is 989.